The van der Waals surface area contributed by atoms with Crippen LogP contribution in [0.4, 0.5) is 0 Å². The van der Waals surface area contributed by atoms with Crippen molar-refractivity contribution in [2.24, 2.45) is 0 Å². The largest absolute Gasteiger partial charge is 0.238 e. The van der Waals surface area contributed by atoms with E-state index in [1.54, 1.807) is 0 Å². The van der Waals surface area contributed by atoms with E-state index in [0.717, 1.165) is 0 Å². The van der Waals surface area contributed by atoms with E-state index in [1.807, 2.05) is 0 Å². The molecule has 0 unspecified atom stereocenters. The highest BCUT2D eigenvalue weighted by molar-refractivity contribution is 9.47. The average molecular weight is 369 g/mol. The van der Waals surface area contributed by atoms with Crippen LogP contribution in [0.5, 0.6) is 0 Å². The van der Waals surface area contributed by atoms with E-state index in [0.29, 0.717) is 4.47 Å². The van der Waals surface area contributed by atoms with Crippen molar-refractivity contribution in [2.45, 2.75) is 4.90 Å². The minimum Gasteiger partial charge on any atom is -0.212 e. The summed E-state index contributed by atoms with van der Waals surface area (Å²) < 4.78 is 22.6. The van der Waals surface area contributed by atoms with Crippen LogP contribution in [0.3, 0.4) is 0 Å². The Labute approximate surface area is 101 Å². The molecule has 1 aromatic rings. The quantitative estimate of drug-likeness (QED) is 0.557. The van der Waals surface area contributed by atoms with Crippen molar-refractivity contribution in [3.8, 4) is 0 Å². The summed E-state index contributed by atoms with van der Waals surface area (Å²) in [6.07, 6.45) is 0. The summed E-state index contributed by atoms with van der Waals surface area (Å²) in [6.45, 7) is 0. The number of benzene rings is 1. The Balaban J connectivity index is 3.56. The van der Waals surface area contributed by atoms with Crippen LogP contribution in [0.1, 0.15) is 0 Å². The molecule has 0 fully saturated rings. The summed E-state index contributed by atoms with van der Waals surface area (Å²) in [4.78, 5) is 0.0185. The van der Waals surface area contributed by atoms with Crippen molar-refractivity contribution in [1.29, 1.82) is 0 Å². The number of hydrogen-bond acceptors (Lipinski definition) is 2. The van der Waals surface area contributed by atoms with Gasteiger partial charge in [-0.25, -0.2) is 8.42 Å². The smallest absolute Gasteiger partial charge is 0.212 e. The molecule has 1 aromatic carbocycles. The molecule has 0 aliphatic rings. The Morgan fingerprint density at radius 2 is 1.77 bits per heavy atom. The lowest BCUT2D eigenvalue weighted by Crippen LogP contribution is -1.91. The first-order valence-electron chi connectivity index (χ1n) is 2.91. The van der Waals surface area contributed by atoms with Crippen LogP contribution in [0.2, 0.25) is 10.0 Å². The van der Waals surface area contributed by atoms with Gasteiger partial charge in [-0.15, -0.1) is 0 Å². The Kier molecular flexibility index (Phi) is 3.68. The Morgan fingerprint density at radius 3 is 2.23 bits per heavy atom. The molecule has 0 aromatic heterocycles. The van der Waals surface area contributed by atoms with Gasteiger partial charge in [-0.3, -0.25) is 0 Å². The summed E-state index contributed by atoms with van der Waals surface area (Å²) in [5, 5.41) is 0.525. The van der Waals surface area contributed by atoms with Crippen LogP contribution < -0.4 is 0 Å². The molecule has 0 saturated heterocycles. The van der Waals surface area contributed by atoms with E-state index in [9.17, 15) is 8.42 Å². The molecule has 7 heteroatoms. The van der Waals surface area contributed by atoms with Gasteiger partial charge < -0.3 is 0 Å². The molecule has 0 aliphatic carbocycles. The molecule has 0 amide bonds. The average Bonchev–Trinajstić information content (AvgIpc) is 1.94. The molecule has 1 rings (SSSR count). The molecular weight excluding hydrogens is 367 g/mol. The lowest BCUT2D eigenvalue weighted by molar-refractivity contribution is 0.611. The maximum absolute atomic E-state index is 11.1. The third kappa shape index (κ3) is 2.83. The van der Waals surface area contributed by atoms with Crippen LogP contribution in [0.15, 0.2) is 21.5 Å². The van der Waals surface area contributed by atoms with E-state index in [-0.39, 0.29) is 14.9 Å². The molecule has 0 saturated carbocycles. The first kappa shape index (κ1) is 11.8. The normalized spacial score (nSPS) is 11.7. The summed E-state index contributed by atoms with van der Waals surface area (Å²) in [5.41, 5.74) is 0. The van der Waals surface area contributed by atoms with Gasteiger partial charge in [-0.2, -0.15) is 0 Å². The van der Waals surface area contributed by atoms with E-state index in [4.69, 9.17) is 23.2 Å². The molecule has 2 nitrogen and oxygen atoms in total. The van der Waals surface area contributed by atoms with Gasteiger partial charge in [0.2, 0.25) is 8.27 Å². The molecule has 13 heavy (non-hydrogen) atoms. The van der Waals surface area contributed by atoms with Crippen molar-refractivity contribution in [1.82, 2.24) is 0 Å². The maximum atomic E-state index is 11.1. The lowest BCUT2D eigenvalue weighted by atomic mass is 10.4. The SMILES string of the molecule is O=S(=O)(Br)c1cc(Cl)cc(Cl)c1Br. The number of rotatable bonds is 1. The topological polar surface area (TPSA) is 34.1 Å². The highest BCUT2D eigenvalue weighted by atomic mass is 79.9. The van der Waals surface area contributed by atoms with Crippen molar-refractivity contribution < 1.29 is 8.42 Å². The summed E-state index contributed by atoms with van der Waals surface area (Å²) >= 11 is 16.9. The van der Waals surface area contributed by atoms with Crippen molar-refractivity contribution >= 4 is 62.2 Å². The molecular formula is C6H2Br2Cl2O2S. The standard InChI is InChI=1S/C6H2Br2Cl2O2S/c7-6-4(10)1-3(9)2-5(6)13(8,11)12/h1-2H. The molecule has 0 heterocycles. The molecule has 0 N–H and O–H groups in total. The highest BCUT2D eigenvalue weighted by Gasteiger charge is 2.16. The third-order valence-corrected chi connectivity index (χ3v) is 4.98. The summed E-state index contributed by atoms with van der Waals surface area (Å²) in [6, 6.07) is 2.76. The van der Waals surface area contributed by atoms with Crippen molar-refractivity contribution in [3.63, 3.8) is 0 Å². The van der Waals surface area contributed by atoms with Crippen molar-refractivity contribution in [3.05, 3.63) is 26.7 Å². The molecule has 72 valence electrons. The third-order valence-electron chi connectivity index (χ3n) is 1.22. The van der Waals surface area contributed by atoms with Crippen molar-refractivity contribution in [2.75, 3.05) is 0 Å². The second-order valence-corrected chi connectivity index (χ2v) is 7.65. The molecule has 0 atom stereocenters. The number of hydrogen-bond donors (Lipinski definition) is 0. The second kappa shape index (κ2) is 4.06. The van der Waals surface area contributed by atoms with Gasteiger partial charge in [0.15, 0.2) is 0 Å². The van der Waals surface area contributed by atoms with Crippen LogP contribution >= 0.6 is 53.9 Å². The fraction of sp³-hybridized carbons (Fsp3) is 0. The van der Waals surface area contributed by atoms with E-state index in [1.165, 1.54) is 12.1 Å². The molecule has 0 radical (unpaired) electrons. The first-order chi connectivity index (χ1) is 5.82. The fourth-order valence-corrected chi connectivity index (χ4v) is 4.20. The second-order valence-electron chi connectivity index (χ2n) is 2.14. The van der Waals surface area contributed by atoms with Gasteiger partial charge in [0.25, 0.3) is 0 Å². The predicted octanol–water partition coefficient (Wildman–Crippen LogP) is 3.84. The zero-order chi connectivity index (χ0) is 10.2. The predicted molar refractivity (Wildman–Crippen MR) is 60.3 cm³/mol. The van der Waals surface area contributed by atoms with Crippen LogP contribution in [-0.2, 0) is 8.27 Å². The Hall–Kier alpha value is 0.710. The lowest BCUT2D eigenvalue weighted by Gasteiger charge is -2.03. The first-order valence-corrected chi connectivity index (χ1v) is 7.79. The summed E-state index contributed by atoms with van der Waals surface area (Å²) in [5.74, 6) is 0. The van der Waals surface area contributed by atoms with Gasteiger partial charge >= 0.3 is 0 Å². The van der Waals surface area contributed by atoms with E-state index in [2.05, 4.69) is 30.7 Å². The Bertz CT molecular complexity index is 444. The minimum atomic E-state index is -3.48. The van der Waals surface area contributed by atoms with Gasteiger partial charge in [0, 0.05) is 5.02 Å². The van der Waals surface area contributed by atoms with Gasteiger partial charge in [0.05, 0.1) is 29.2 Å². The van der Waals surface area contributed by atoms with E-state index >= 15 is 0 Å². The monoisotopic (exact) mass is 366 g/mol. The van der Waals surface area contributed by atoms with E-state index < -0.39 is 8.27 Å². The molecule has 0 bridgehead atoms. The van der Waals surface area contributed by atoms with Crippen LogP contribution in [0, 0.1) is 0 Å². The fourth-order valence-electron chi connectivity index (χ4n) is 0.710. The van der Waals surface area contributed by atoms with Crippen LogP contribution in [0.25, 0.3) is 0 Å². The molecule has 0 spiro atoms. The zero-order valence-corrected chi connectivity index (χ0v) is 11.4. The highest BCUT2D eigenvalue weighted by Crippen LogP contribution is 2.35. The zero-order valence-electron chi connectivity index (χ0n) is 5.89. The van der Waals surface area contributed by atoms with Gasteiger partial charge in [-0.1, -0.05) is 23.2 Å². The molecule has 0 aliphatic heterocycles. The van der Waals surface area contributed by atoms with Crippen LogP contribution in [-0.4, -0.2) is 8.42 Å². The Morgan fingerprint density at radius 1 is 1.23 bits per heavy atom. The van der Waals surface area contributed by atoms with Gasteiger partial charge in [-0.05, 0) is 28.1 Å². The summed E-state index contributed by atoms with van der Waals surface area (Å²) in [7, 11) is -3.48. The maximum Gasteiger partial charge on any atom is 0.238 e. The van der Waals surface area contributed by atoms with Gasteiger partial charge in [0.1, 0.15) is 0 Å². The number of halogens is 4. The minimum absolute atomic E-state index is 0.0185.